The molecule has 7 aromatic rings. The molecule has 6 nitrogen and oxygen atoms in total. The van der Waals surface area contributed by atoms with E-state index in [9.17, 15) is 0 Å². The van der Waals surface area contributed by atoms with Crippen LogP contribution in [-0.2, 0) is 56.5 Å². The first-order chi connectivity index (χ1) is 29.6. The molecule has 1 aliphatic heterocycles. The van der Waals surface area contributed by atoms with Crippen molar-refractivity contribution in [3.8, 4) is 5.75 Å². The summed E-state index contributed by atoms with van der Waals surface area (Å²) in [4.78, 5) is 0. The van der Waals surface area contributed by atoms with Crippen LogP contribution in [0, 0.1) is 0 Å². The monoisotopic (exact) mass is 818 g/mol. The molecule has 0 radical (unpaired) electrons. The van der Waals surface area contributed by atoms with E-state index in [0.717, 1.165) is 55.5 Å². The van der Waals surface area contributed by atoms with Gasteiger partial charge in [0.05, 0.1) is 44.7 Å². The zero-order valence-electron chi connectivity index (χ0n) is 33.9. The second-order valence-corrected chi connectivity index (χ2v) is 15.5. The van der Waals surface area contributed by atoms with E-state index in [1.165, 1.54) is 0 Å². The van der Waals surface area contributed by atoms with Crippen LogP contribution in [0.3, 0.4) is 0 Å². The van der Waals surface area contributed by atoms with Crippen molar-refractivity contribution >= 4 is 22.4 Å². The van der Waals surface area contributed by atoms with E-state index in [-0.39, 0.29) is 6.61 Å². The number of halogens is 1. The molecule has 7 aromatic carbocycles. The molecule has 0 saturated carbocycles. The van der Waals surface area contributed by atoms with Crippen LogP contribution in [-0.4, -0.2) is 37.6 Å². The number of ether oxygens (including phenoxy) is 6. The molecular formula is C53H51ClO6. The fraction of sp³-hybridized carbons (Fsp3) is 0.245. The minimum atomic E-state index is -0.594. The Labute approximate surface area is 358 Å². The highest BCUT2D eigenvalue weighted by atomic mass is 35.5. The molecule has 0 aromatic heterocycles. The Bertz CT molecular complexity index is 2360. The molecule has 0 amide bonds. The molecular weight excluding hydrogens is 768 g/mol. The summed E-state index contributed by atoms with van der Waals surface area (Å²) in [6.07, 6.45) is -2.20. The predicted molar refractivity (Wildman–Crippen MR) is 238 cm³/mol. The van der Waals surface area contributed by atoms with E-state index in [1.807, 2.05) is 104 Å². The van der Waals surface area contributed by atoms with Gasteiger partial charge in [-0.1, -0.05) is 175 Å². The van der Waals surface area contributed by atoms with Gasteiger partial charge in [0.15, 0.2) is 0 Å². The lowest BCUT2D eigenvalue weighted by atomic mass is 9.86. The summed E-state index contributed by atoms with van der Waals surface area (Å²) in [7, 11) is 0. The number of fused-ring (bicyclic) bond motifs is 1. The Morgan fingerprint density at radius 3 is 1.53 bits per heavy atom. The van der Waals surface area contributed by atoms with E-state index in [2.05, 4.69) is 78.9 Å². The van der Waals surface area contributed by atoms with Crippen molar-refractivity contribution < 1.29 is 28.4 Å². The van der Waals surface area contributed by atoms with Crippen molar-refractivity contribution in [2.24, 2.45) is 0 Å². The fourth-order valence-corrected chi connectivity index (χ4v) is 8.21. The smallest absolute Gasteiger partial charge is 0.119 e. The lowest BCUT2D eigenvalue weighted by Crippen LogP contribution is -2.58. The van der Waals surface area contributed by atoms with Gasteiger partial charge in [-0.05, 0) is 69.8 Å². The third-order valence-electron chi connectivity index (χ3n) is 10.9. The number of benzene rings is 7. The molecule has 8 rings (SSSR count). The molecule has 5 atom stereocenters. The maximum atomic E-state index is 7.38. The molecule has 60 heavy (non-hydrogen) atoms. The Kier molecular flexibility index (Phi) is 14.3. The van der Waals surface area contributed by atoms with Gasteiger partial charge >= 0.3 is 0 Å². The van der Waals surface area contributed by atoms with Crippen molar-refractivity contribution in [1.82, 2.24) is 0 Å². The van der Waals surface area contributed by atoms with Crippen LogP contribution in [0.15, 0.2) is 176 Å². The highest BCUT2D eigenvalue weighted by Crippen LogP contribution is 2.43. The first kappa shape index (κ1) is 41.4. The lowest BCUT2D eigenvalue weighted by molar-refractivity contribution is -0.274. The SMILES string of the molecule is CCOc1ccc(Cc2cc([C@@H]3O[C@H](COCc4ccccc4)[C@@H](OCc4ccccc4)[C@H](OCc4ccccc4)[C@H]3OCc3ccccc3)c3ccccc3c2Cl)cc1. The molecule has 1 heterocycles. The third kappa shape index (κ3) is 10.5. The van der Waals surface area contributed by atoms with E-state index in [1.54, 1.807) is 0 Å². The summed E-state index contributed by atoms with van der Waals surface area (Å²) in [5.74, 6) is 0.840. The summed E-state index contributed by atoms with van der Waals surface area (Å²) in [6.45, 7) is 4.37. The van der Waals surface area contributed by atoms with Crippen LogP contribution < -0.4 is 4.74 Å². The number of hydrogen-bond donors (Lipinski definition) is 0. The fourth-order valence-electron chi connectivity index (χ4n) is 7.92. The van der Waals surface area contributed by atoms with Gasteiger partial charge in [0.1, 0.15) is 36.3 Å². The van der Waals surface area contributed by atoms with Gasteiger partial charge in [0.25, 0.3) is 0 Å². The second kappa shape index (κ2) is 20.8. The van der Waals surface area contributed by atoms with E-state index in [0.29, 0.717) is 44.5 Å². The van der Waals surface area contributed by atoms with Crippen molar-refractivity contribution in [2.75, 3.05) is 13.2 Å². The van der Waals surface area contributed by atoms with Crippen LogP contribution in [0.25, 0.3) is 10.8 Å². The second-order valence-electron chi connectivity index (χ2n) is 15.1. The summed E-state index contributed by atoms with van der Waals surface area (Å²) < 4.78 is 40.8. The lowest BCUT2D eigenvalue weighted by Gasteiger charge is -2.46. The van der Waals surface area contributed by atoms with Crippen molar-refractivity contribution in [3.63, 3.8) is 0 Å². The molecule has 1 saturated heterocycles. The minimum Gasteiger partial charge on any atom is -0.494 e. The number of rotatable bonds is 18. The first-order valence-electron chi connectivity index (χ1n) is 20.8. The van der Waals surface area contributed by atoms with Gasteiger partial charge in [0.2, 0.25) is 0 Å². The highest BCUT2D eigenvalue weighted by molar-refractivity contribution is 6.36. The summed E-state index contributed by atoms with van der Waals surface area (Å²) in [5, 5.41) is 2.65. The van der Waals surface area contributed by atoms with Gasteiger partial charge in [-0.3, -0.25) is 0 Å². The Morgan fingerprint density at radius 2 is 0.983 bits per heavy atom. The quantitative estimate of drug-likeness (QED) is 0.0860. The van der Waals surface area contributed by atoms with Crippen molar-refractivity contribution in [3.05, 3.63) is 220 Å². The molecule has 306 valence electrons. The zero-order chi connectivity index (χ0) is 40.9. The van der Waals surface area contributed by atoms with Crippen LogP contribution in [0.4, 0.5) is 0 Å². The normalized spacial score (nSPS) is 19.0. The molecule has 1 fully saturated rings. The standard InChI is InChI=1S/C53H51ClO6/c1-2-56-44-29-27-38(28-30-44)31-43-32-47(45-25-15-16-26-46(45)49(43)54)50-52(58-35-41-21-11-5-12-22-41)53(59-36-42-23-13-6-14-24-42)51(57-34-40-19-9-4-10-20-40)48(60-50)37-55-33-39-17-7-3-8-18-39/h3-30,32,48,50-53H,2,31,33-37H2,1H3/t48-,50+,51-,52+,53+/m1/s1. The zero-order valence-corrected chi connectivity index (χ0v) is 34.7. The topological polar surface area (TPSA) is 55.4 Å². The molecule has 0 N–H and O–H groups in total. The Morgan fingerprint density at radius 1 is 0.500 bits per heavy atom. The third-order valence-corrected chi connectivity index (χ3v) is 11.4. The van der Waals surface area contributed by atoms with Crippen LogP contribution in [0.1, 0.15) is 52.0 Å². The molecule has 1 aliphatic rings. The summed E-state index contributed by atoms with van der Waals surface area (Å²) >= 11 is 7.32. The van der Waals surface area contributed by atoms with Gasteiger partial charge in [-0.15, -0.1) is 0 Å². The van der Waals surface area contributed by atoms with E-state index < -0.39 is 30.5 Å². The maximum Gasteiger partial charge on any atom is 0.119 e. The molecule has 0 bridgehead atoms. The largest absolute Gasteiger partial charge is 0.494 e. The summed E-state index contributed by atoms with van der Waals surface area (Å²) in [5.41, 5.74) is 7.30. The molecule has 0 spiro atoms. The van der Waals surface area contributed by atoms with E-state index in [4.69, 9.17) is 40.0 Å². The van der Waals surface area contributed by atoms with Gasteiger partial charge in [-0.25, -0.2) is 0 Å². The average Bonchev–Trinajstić information content (AvgIpc) is 3.30. The van der Waals surface area contributed by atoms with Crippen molar-refractivity contribution in [2.45, 2.75) is 70.3 Å². The van der Waals surface area contributed by atoms with Crippen molar-refractivity contribution in [1.29, 1.82) is 0 Å². The highest BCUT2D eigenvalue weighted by Gasteiger charge is 2.49. The molecule has 0 unspecified atom stereocenters. The number of hydrogen-bond acceptors (Lipinski definition) is 6. The Hall–Kier alpha value is -5.31. The first-order valence-corrected chi connectivity index (χ1v) is 21.2. The predicted octanol–water partition coefficient (Wildman–Crippen LogP) is 11.9. The van der Waals surface area contributed by atoms with Gasteiger partial charge < -0.3 is 28.4 Å². The van der Waals surface area contributed by atoms with Crippen LogP contribution in [0.5, 0.6) is 5.75 Å². The molecule has 7 heteroatoms. The van der Waals surface area contributed by atoms with E-state index >= 15 is 0 Å². The average molecular weight is 819 g/mol. The summed E-state index contributed by atoms with van der Waals surface area (Å²) in [6, 6.07) is 59.6. The minimum absolute atomic E-state index is 0.270. The molecule has 0 aliphatic carbocycles. The van der Waals surface area contributed by atoms with Gasteiger partial charge in [-0.2, -0.15) is 0 Å². The Balaban J connectivity index is 1.23. The van der Waals surface area contributed by atoms with Crippen LogP contribution in [0.2, 0.25) is 5.02 Å². The maximum absolute atomic E-state index is 7.38. The van der Waals surface area contributed by atoms with Crippen LogP contribution >= 0.6 is 11.6 Å². The van der Waals surface area contributed by atoms with Gasteiger partial charge in [0, 0.05) is 5.39 Å².